The number of hydrogen-bond donors (Lipinski definition) is 1. The number of rotatable bonds is 3. The highest BCUT2D eigenvalue weighted by molar-refractivity contribution is 6.00. The molecule has 0 bridgehead atoms. The lowest BCUT2D eigenvalue weighted by atomic mass is 9.73. The van der Waals surface area contributed by atoms with Gasteiger partial charge in [0.1, 0.15) is 17.6 Å². The number of para-hydroxylation sites is 1. The minimum absolute atomic E-state index is 0.0707. The highest BCUT2D eigenvalue weighted by Gasteiger charge is 2.42. The second-order valence-corrected chi connectivity index (χ2v) is 8.83. The predicted octanol–water partition coefficient (Wildman–Crippen LogP) is 5.22. The summed E-state index contributed by atoms with van der Waals surface area (Å²) in [6, 6.07) is 19.8. The van der Waals surface area contributed by atoms with E-state index in [4.69, 9.17) is 9.84 Å². The van der Waals surface area contributed by atoms with E-state index in [0.717, 1.165) is 46.1 Å². The van der Waals surface area contributed by atoms with Crippen LogP contribution in [0.15, 0.2) is 71.9 Å². The monoisotopic (exact) mass is 399 g/mol. The first-order chi connectivity index (χ1) is 14.5. The average molecular weight is 399 g/mol. The molecule has 0 saturated carbocycles. The Morgan fingerprint density at radius 1 is 1.07 bits per heavy atom. The van der Waals surface area contributed by atoms with Crippen LogP contribution in [0.5, 0.6) is 5.75 Å². The Bertz CT molecular complexity index is 1160. The van der Waals surface area contributed by atoms with Gasteiger partial charge in [-0.25, -0.2) is 4.68 Å². The van der Waals surface area contributed by atoms with E-state index in [9.17, 15) is 4.79 Å². The van der Waals surface area contributed by atoms with Crippen molar-refractivity contribution in [3.63, 3.8) is 0 Å². The van der Waals surface area contributed by atoms with Crippen molar-refractivity contribution < 1.29 is 9.53 Å². The Balaban J connectivity index is 1.72. The van der Waals surface area contributed by atoms with Crippen molar-refractivity contribution in [1.82, 2.24) is 9.78 Å². The molecule has 1 unspecified atom stereocenters. The smallest absolute Gasteiger partial charge is 0.163 e. The molecule has 152 valence electrons. The van der Waals surface area contributed by atoms with Crippen LogP contribution < -0.4 is 10.1 Å². The van der Waals surface area contributed by atoms with Gasteiger partial charge in [-0.3, -0.25) is 4.79 Å². The van der Waals surface area contributed by atoms with Crippen LogP contribution in [0, 0.1) is 5.41 Å². The molecular formula is C25H25N3O2. The van der Waals surface area contributed by atoms with Gasteiger partial charge in [0.2, 0.25) is 0 Å². The predicted molar refractivity (Wildman–Crippen MR) is 117 cm³/mol. The molecule has 0 saturated heterocycles. The lowest BCUT2D eigenvalue weighted by Crippen LogP contribution is -2.36. The van der Waals surface area contributed by atoms with E-state index in [-0.39, 0.29) is 17.2 Å². The lowest BCUT2D eigenvalue weighted by molar-refractivity contribution is -0.118. The van der Waals surface area contributed by atoms with Crippen LogP contribution in [0.1, 0.15) is 38.3 Å². The molecule has 1 N–H and O–H groups in total. The summed E-state index contributed by atoms with van der Waals surface area (Å²) in [5, 5.41) is 8.46. The van der Waals surface area contributed by atoms with Crippen molar-refractivity contribution in [2.45, 2.75) is 32.7 Å². The van der Waals surface area contributed by atoms with Gasteiger partial charge in [0, 0.05) is 34.9 Å². The largest absolute Gasteiger partial charge is 0.496 e. The van der Waals surface area contributed by atoms with Crippen LogP contribution in [0.2, 0.25) is 0 Å². The fourth-order valence-electron chi connectivity index (χ4n) is 4.65. The highest BCUT2D eigenvalue weighted by Crippen LogP contribution is 2.47. The molecule has 0 fully saturated rings. The molecule has 1 aliphatic heterocycles. The number of fused-ring (bicyclic) bond motifs is 1. The van der Waals surface area contributed by atoms with E-state index >= 15 is 0 Å². The van der Waals surface area contributed by atoms with Crippen LogP contribution in [0.25, 0.3) is 11.3 Å². The fraction of sp³-hybridized carbons (Fsp3) is 0.280. The molecule has 5 nitrogen and oxygen atoms in total. The zero-order chi connectivity index (χ0) is 20.9. The summed E-state index contributed by atoms with van der Waals surface area (Å²) in [6.45, 7) is 4.30. The topological polar surface area (TPSA) is 56.1 Å². The SMILES string of the molecule is COc1ccccc1C1C2=C(CC(C)(C)CC2=O)Nc2cc(-c3ccccc3)nn21. The lowest BCUT2D eigenvalue weighted by Gasteiger charge is -2.39. The Labute approximate surface area is 176 Å². The van der Waals surface area contributed by atoms with Crippen molar-refractivity contribution in [2.75, 3.05) is 12.4 Å². The quantitative estimate of drug-likeness (QED) is 0.656. The highest BCUT2D eigenvalue weighted by atomic mass is 16.5. The first-order valence-corrected chi connectivity index (χ1v) is 10.3. The van der Waals surface area contributed by atoms with Crippen molar-refractivity contribution >= 4 is 11.6 Å². The molecule has 0 radical (unpaired) electrons. The molecule has 3 aromatic rings. The maximum absolute atomic E-state index is 13.3. The number of aromatic nitrogens is 2. The molecule has 2 aliphatic rings. The molecule has 0 amide bonds. The summed E-state index contributed by atoms with van der Waals surface area (Å²) >= 11 is 0. The zero-order valence-electron chi connectivity index (χ0n) is 17.5. The Kier molecular flexibility index (Phi) is 4.28. The number of anilines is 1. The van der Waals surface area contributed by atoms with Gasteiger partial charge in [-0.1, -0.05) is 62.4 Å². The van der Waals surface area contributed by atoms with Gasteiger partial charge in [-0.2, -0.15) is 5.10 Å². The third kappa shape index (κ3) is 3.02. The maximum Gasteiger partial charge on any atom is 0.163 e. The zero-order valence-corrected chi connectivity index (χ0v) is 17.5. The summed E-state index contributed by atoms with van der Waals surface area (Å²) in [5.74, 6) is 1.83. The molecule has 2 heterocycles. The van der Waals surface area contributed by atoms with E-state index < -0.39 is 0 Å². The number of methoxy groups -OCH3 is 1. The standard InChI is InChI=1S/C25H25N3O2/c1-25(2)14-19-23(20(29)15-25)24(17-11-7-8-12-21(17)30-3)28-22(26-19)13-18(27-28)16-9-5-4-6-10-16/h4-13,24,26H,14-15H2,1-3H3. The number of hydrogen-bond acceptors (Lipinski definition) is 4. The van der Waals surface area contributed by atoms with Crippen LogP contribution >= 0.6 is 0 Å². The molecule has 5 heteroatoms. The van der Waals surface area contributed by atoms with Gasteiger partial charge in [0.25, 0.3) is 0 Å². The summed E-state index contributed by atoms with van der Waals surface area (Å²) in [6.07, 6.45) is 1.35. The van der Waals surface area contributed by atoms with Gasteiger partial charge >= 0.3 is 0 Å². The Hall–Kier alpha value is -3.34. The average Bonchev–Trinajstić information content (AvgIpc) is 3.15. The van der Waals surface area contributed by atoms with Crippen LogP contribution in [-0.4, -0.2) is 22.7 Å². The number of allylic oxidation sites excluding steroid dienone is 2. The first kappa shape index (κ1) is 18.7. The van der Waals surface area contributed by atoms with Gasteiger partial charge in [-0.15, -0.1) is 0 Å². The molecule has 1 aliphatic carbocycles. The van der Waals surface area contributed by atoms with E-state index in [2.05, 4.69) is 25.2 Å². The summed E-state index contributed by atoms with van der Waals surface area (Å²) in [7, 11) is 1.67. The molecule has 0 spiro atoms. The number of ketones is 1. The third-order valence-electron chi connectivity index (χ3n) is 5.96. The molecule has 5 rings (SSSR count). The van der Waals surface area contributed by atoms with Gasteiger partial charge in [0.15, 0.2) is 5.78 Å². The van der Waals surface area contributed by atoms with Crippen LogP contribution in [-0.2, 0) is 4.79 Å². The second-order valence-electron chi connectivity index (χ2n) is 8.83. The Morgan fingerprint density at radius 3 is 2.57 bits per heavy atom. The number of carbonyl (C=O) groups is 1. The number of nitrogens with zero attached hydrogens (tertiary/aromatic N) is 2. The fourth-order valence-corrected chi connectivity index (χ4v) is 4.65. The van der Waals surface area contributed by atoms with E-state index in [1.807, 2.05) is 59.3 Å². The number of nitrogens with one attached hydrogen (secondary N) is 1. The van der Waals surface area contributed by atoms with E-state index in [1.54, 1.807) is 7.11 Å². The molecule has 2 aromatic carbocycles. The van der Waals surface area contributed by atoms with Crippen molar-refractivity contribution in [3.8, 4) is 17.0 Å². The molecule has 1 aromatic heterocycles. The Morgan fingerprint density at radius 2 is 1.80 bits per heavy atom. The normalized spacial score (nSPS) is 19.7. The second kappa shape index (κ2) is 6.87. The first-order valence-electron chi connectivity index (χ1n) is 10.3. The van der Waals surface area contributed by atoms with Gasteiger partial charge in [-0.05, 0) is 17.9 Å². The van der Waals surface area contributed by atoms with Gasteiger partial charge < -0.3 is 10.1 Å². The summed E-state index contributed by atoms with van der Waals surface area (Å²) in [5.41, 5.74) is 4.60. The third-order valence-corrected chi connectivity index (χ3v) is 5.96. The van der Waals surface area contributed by atoms with Crippen LogP contribution in [0.4, 0.5) is 5.82 Å². The minimum Gasteiger partial charge on any atom is -0.496 e. The van der Waals surface area contributed by atoms with Gasteiger partial charge in [0.05, 0.1) is 12.8 Å². The van der Waals surface area contributed by atoms with Crippen molar-refractivity contribution in [1.29, 1.82) is 0 Å². The number of benzene rings is 2. The summed E-state index contributed by atoms with van der Waals surface area (Å²) in [4.78, 5) is 13.3. The van der Waals surface area contributed by atoms with Crippen LogP contribution in [0.3, 0.4) is 0 Å². The van der Waals surface area contributed by atoms with E-state index in [1.165, 1.54) is 0 Å². The maximum atomic E-state index is 13.3. The number of ether oxygens (including phenoxy) is 1. The number of Topliss-reactive ketones (excluding diaryl/α,β-unsaturated/α-hetero) is 1. The minimum atomic E-state index is -0.312. The molecular weight excluding hydrogens is 374 g/mol. The number of carbonyl (C=O) groups excluding carboxylic acids is 1. The molecule has 30 heavy (non-hydrogen) atoms. The van der Waals surface area contributed by atoms with E-state index in [0.29, 0.717) is 6.42 Å². The summed E-state index contributed by atoms with van der Waals surface area (Å²) < 4.78 is 7.61. The van der Waals surface area contributed by atoms with Crippen molar-refractivity contribution in [3.05, 3.63) is 77.5 Å². The van der Waals surface area contributed by atoms with Crippen molar-refractivity contribution in [2.24, 2.45) is 5.41 Å². The molecule has 1 atom stereocenters.